The molecule has 0 radical (unpaired) electrons. The van der Waals surface area contributed by atoms with Gasteiger partial charge in [-0.1, -0.05) is 41.6 Å². The molecule has 0 aliphatic carbocycles. The number of nitrogens with one attached hydrogen (secondary N) is 1. The van der Waals surface area contributed by atoms with E-state index in [9.17, 15) is 9.59 Å². The molecule has 0 atom stereocenters. The van der Waals surface area contributed by atoms with Gasteiger partial charge in [0.2, 0.25) is 0 Å². The van der Waals surface area contributed by atoms with Crippen molar-refractivity contribution < 1.29 is 9.53 Å². The van der Waals surface area contributed by atoms with Crippen LogP contribution in [0.2, 0.25) is 5.02 Å². The maximum Gasteiger partial charge on any atom is 0.266 e. The van der Waals surface area contributed by atoms with E-state index >= 15 is 0 Å². The summed E-state index contributed by atoms with van der Waals surface area (Å²) in [6, 6.07) is 18.6. The number of methoxy groups -OCH3 is 1. The fourth-order valence-electron chi connectivity index (χ4n) is 3.85. The van der Waals surface area contributed by atoms with Gasteiger partial charge in [0.1, 0.15) is 0 Å². The van der Waals surface area contributed by atoms with Gasteiger partial charge in [0.15, 0.2) is 5.16 Å². The largest absolute Gasteiger partial charge is 0.383 e. The van der Waals surface area contributed by atoms with Crippen LogP contribution < -0.4 is 10.9 Å². The number of aryl methyl sites for hydroxylation is 2. The van der Waals surface area contributed by atoms with E-state index in [1.54, 1.807) is 29.9 Å². The lowest BCUT2D eigenvalue weighted by Crippen LogP contribution is -2.27. The first kappa shape index (κ1) is 25.0. The minimum Gasteiger partial charge on any atom is -0.383 e. The number of nitrogens with zero attached hydrogens (tertiary/aromatic N) is 2. The van der Waals surface area contributed by atoms with Crippen molar-refractivity contribution in [1.82, 2.24) is 14.9 Å². The summed E-state index contributed by atoms with van der Waals surface area (Å²) in [5.41, 5.74) is 4.63. The Morgan fingerprint density at radius 1 is 1.09 bits per heavy atom. The molecule has 6 nitrogen and oxygen atoms in total. The van der Waals surface area contributed by atoms with Crippen LogP contribution in [0.25, 0.3) is 16.6 Å². The zero-order chi connectivity index (χ0) is 24.9. The number of carbonyl (C=O) groups excluding carboxylic acids is 1. The second-order valence-electron chi connectivity index (χ2n) is 8.28. The van der Waals surface area contributed by atoms with Crippen LogP contribution in [0.1, 0.15) is 27.0 Å². The van der Waals surface area contributed by atoms with E-state index in [1.165, 1.54) is 11.8 Å². The fraction of sp³-hybridized carbons (Fsp3) is 0.222. The Bertz CT molecular complexity index is 1430. The highest BCUT2D eigenvalue weighted by atomic mass is 35.5. The van der Waals surface area contributed by atoms with Gasteiger partial charge in [0.05, 0.1) is 23.2 Å². The molecule has 1 N–H and O–H groups in total. The minimum atomic E-state index is -0.239. The maximum atomic E-state index is 13.7. The quantitative estimate of drug-likeness (QED) is 0.198. The summed E-state index contributed by atoms with van der Waals surface area (Å²) in [6.07, 6.45) is 0. The number of fused-ring (bicyclic) bond motifs is 1. The lowest BCUT2D eigenvalue weighted by atomic mass is 10.1. The smallest absolute Gasteiger partial charge is 0.266 e. The van der Waals surface area contributed by atoms with E-state index < -0.39 is 0 Å². The average Bonchev–Trinajstić information content (AvgIpc) is 2.82. The summed E-state index contributed by atoms with van der Waals surface area (Å²) in [7, 11) is 1.58. The minimum absolute atomic E-state index is 0.181. The van der Waals surface area contributed by atoms with Crippen LogP contribution in [-0.4, -0.2) is 35.7 Å². The predicted molar refractivity (Wildman–Crippen MR) is 142 cm³/mol. The lowest BCUT2D eigenvalue weighted by molar-refractivity contribution is 0.0937. The van der Waals surface area contributed by atoms with E-state index in [1.807, 2.05) is 50.2 Å². The summed E-state index contributed by atoms with van der Waals surface area (Å²) >= 11 is 7.61. The number of hydrogen-bond acceptors (Lipinski definition) is 5. The number of hydrogen-bond donors (Lipinski definition) is 1. The topological polar surface area (TPSA) is 73.2 Å². The van der Waals surface area contributed by atoms with Crippen molar-refractivity contribution in [2.75, 3.05) is 20.3 Å². The molecule has 0 aliphatic heterocycles. The molecule has 0 aliphatic rings. The number of carbonyl (C=O) groups is 1. The molecule has 8 heteroatoms. The summed E-state index contributed by atoms with van der Waals surface area (Å²) in [4.78, 5) is 31.1. The van der Waals surface area contributed by atoms with Crippen molar-refractivity contribution in [2.45, 2.75) is 24.8 Å². The van der Waals surface area contributed by atoms with Crippen molar-refractivity contribution in [3.63, 3.8) is 0 Å². The molecule has 1 amide bonds. The molecule has 0 bridgehead atoms. The first-order chi connectivity index (χ1) is 16.9. The molecule has 0 fully saturated rings. The van der Waals surface area contributed by atoms with Crippen LogP contribution in [0.5, 0.6) is 0 Å². The van der Waals surface area contributed by atoms with Crippen LogP contribution in [0.3, 0.4) is 0 Å². The van der Waals surface area contributed by atoms with Gasteiger partial charge in [0, 0.05) is 30.0 Å². The van der Waals surface area contributed by atoms with Gasteiger partial charge in [-0.15, -0.1) is 0 Å². The molecule has 0 saturated carbocycles. The predicted octanol–water partition coefficient (Wildman–Crippen LogP) is 5.32. The van der Waals surface area contributed by atoms with Gasteiger partial charge < -0.3 is 10.1 Å². The number of halogens is 1. The van der Waals surface area contributed by atoms with Crippen molar-refractivity contribution in [1.29, 1.82) is 0 Å². The van der Waals surface area contributed by atoms with Crippen LogP contribution in [0.15, 0.2) is 70.6 Å². The van der Waals surface area contributed by atoms with Crippen LogP contribution in [0.4, 0.5) is 0 Å². The highest BCUT2D eigenvalue weighted by Gasteiger charge is 2.16. The third kappa shape index (κ3) is 5.93. The zero-order valence-corrected chi connectivity index (χ0v) is 21.4. The molecule has 0 saturated heterocycles. The van der Waals surface area contributed by atoms with Crippen molar-refractivity contribution in [3.8, 4) is 5.69 Å². The third-order valence-electron chi connectivity index (χ3n) is 5.41. The number of ether oxygens (including phenoxy) is 1. The Kier molecular flexibility index (Phi) is 7.90. The molecule has 0 spiro atoms. The molecule has 4 aromatic rings. The maximum absolute atomic E-state index is 13.7. The van der Waals surface area contributed by atoms with Gasteiger partial charge in [-0.3, -0.25) is 14.2 Å². The Morgan fingerprint density at radius 3 is 2.57 bits per heavy atom. The zero-order valence-electron chi connectivity index (χ0n) is 19.8. The molecule has 0 unspecified atom stereocenters. The SMILES string of the molecule is COCCNC(=O)c1ccc2c(=O)n(-c3cc(C)cc(C)c3)c(SCc3cccc(Cl)c3)nc2c1. The Hall–Kier alpha value is -3.13. The van der Waals surface area contributed by atoms with Gasteiger partial charge in [-0.2, -0.15) is 0 Å². The highest BCUT2D eigenvalue weighted by Crippen LogP contribution is 2.27. The Labute approximate surface area is 213 Å². The number of rotatable bonds is 8. The van der Waals surface area contributed by atoms with Gasteiger partial charge in [-0.25, -0.2) is 4.98 Å². The monoisotopic (exact) mass is 507 g/mol. The normalized spacial score (nSPS) is 11.1. The number of amides is 1. The van der Waals surface area contributed by atoms with Crippen LogP contribution in [0, 0.1) is 13.8 Å². The number of benzene rings is 3. The Morgan fingerprint density at radius 2 is 1.86 bits per heavy atom. The molecular formula is C27H26ClN3O3S. The Balaban J connectivity index is 1.81. The first-order valence-electron chi connectivity index (χ1n) is 11.2. The molecule has 4 rings (SSSR count). The van der Waals surface area contributed by atoms with E-state index in [0.717, 1.165) is 22.4 Å². The fourth-order valence-corrected chi connectivity index (χ4v) is 5.02. The molecule has 180 valence electrons. The van der Waals surface area contributed by atoms with E-state index in [0.29, 0.717) is 45.5 Å². The van der Waals surface area contributed by atoms with Crippen molar-refractivity contribution in [2.24, 2.45) is 0 Å². The van der Waals surface area contributed by atoms with E-state index in [2.05, 4.69) is 11.4 Å². The number of thioether (sulfide) groups is 1. The molecule has 1 heterocycles. The summed E-state index contributed by atoms with van der Waals surface area (Å²) < 4.78 is 6.64. The van der Waals surface area contributed by atoms with Crippen LogP contribution >= 0.6 is 23.4 Å². The van der Waals surface area contributed by atoms with Crippen LogP contribution in [-0.2, 0) is 10.5 Å². The van der Waals surface area contributed by atoms with Crippen molar-refractivity contribution in [3.05, 3.63) is 98.3 Å². The molecule has 1 aromatic heterocycles. The average molecular weight is 508 g/mol. The first-order valence-corrected chi connectivity index (χ1v) is 12.5. The third-order valence-corrected chi connectivity index (χ3v) is 6.66. The standard InChI is InChI=1S/C27H26ClN3O3S/c1-17-11-18(2)13-22(12-17)31-26(33)23-8-7-20(25(32)29-9-10-34-3)15-24(23)30-27(31)35-16-19-5-4-6-21(28)14-19/h4-8,11-15H,9-10,16H2,1-3H3,(H,29,32). The van der Waals surface area contributed by atoms with Gasteiger partial charge in [-0.05, 0) is 73.0 Å². The second-order valence-corrected chi connectivity index (χ2v) is 9.66. The number of aromatic nitrogens is 2. The molecule has 35 heavy (non-hydrogen) atoms. The second kappa shape index (κ2) is 11.1. The van der Waals surface area contributed by atoms with Gasteiger partial charge in [0.25, 0.3) is 11.5 Å². The molecule has 3 aromatic carbocycles. The highest BCUT2D eigenvalue weighted by molar-refractivity contribution is 7.98. The van der Waals surface area contributed by atoms with Gasteiger partial charge >= 0.3 is 0 Å². The van der Waals surface area contributed by atoms with E-state index in [-0.39, 0.29) is 11.5 Å². The molecular weight excluding hydrogens is 482 g/mol. The summed E-state index contributed by atoms with van der Waals surface area (Å²) in [5, 5.41) is 4.46. The lowest BCUT2D eigenvalue weighted by Gasteiger charge is -2.15. The van der Waals surface area contributed by atoms with E-state index in [4.69, 9.17) is 21.3 Å². The van der Waals surface area contributed by atoms with Crippen molar-refractivity contribution >= 4 is 40.2 Å². The summed E-state index contributed by atoms with van der Waals surface area (Å²) in [5.74, 6) is 0.345. The summed E-state index contributed by atoms with van der Waals surface area (Å²) in [6.45, 7) is 4.82.